The number of halogens is 1. The van der Waals surface area contributed by atoms with E-state index in [4.69, 9.17) is 4.74 Å². The number of hydrogen-bond acceptors (Lipinski definition) is 2. The lowest BCUT2D eigenvalue weighted by molar-refractivity contribution is 0.0761. The van der Waals surface area contributed by atoms with Crippen molar-refractivity contribution in [2.24, 2.45) is 0 Å². The second-order valence-electron chi connectivity index (χ2n) is 6.32. The molecule has 3 nitrogen and oxygen atoms in total. The molecule has 122 valence electrons. The average Bonchev–Trinajstić information content (AvgIpc) is 3.06. The number of ether oxygens (including phenoxy) is 1. The van der Waals surface area contributed by atoms with Crippen LogP contribution < -0.4 is 4.74 Å². The van der Waals surface area contributed by atoms with Crippen molar-refractivity contribution < 1.29 is 13.9 Å². The number of hydrogen-bond donors (Lipinski definition) is 0. The van der Waals surface area contributed by atoms with Gasteiger partial charge in [0.1, 0.15) is 18.2 Å². The van der Waals surface area contributed by atoms with Crippen LogP contribution >= 0.6 is 0 Å². The van der Waals surface area contributed by atoms with Crippen LogP contribution in [0, 0.1) is 5.82 Å². The fourth-order valence-electron chi connectivity index (χ4n) is 3.53. The molecule has 0 aromatic heterocycles. The molecule has 4 heteroatoms. The first-order valence-electron chi connectivity index (χ1n) is 8.10. The van der Waals surface area contributed by atoms with Gasteiger partial charge in [-0.2, -0.15) is 0 Å². The molecular weight excluding hydrogens is 305 g/mol. The molecule has 2 bridgehead atoms. The number of nitrogens with zero attached hydrogens (tertiary/aromatic N) is 1. The van der Waals surface area contributed by atoms with Gasteiger partial charge in [-0.15, -0.1) is 0 Å². The summed E-state index contributed by atoms with van der Waals surface area (Å²) >= 11 is 0. The zero-order valence-corrected chi connectivity index (χ0v) is 13.4. The van der Waals surface area contributed by atoms with Gasteiger partial charge in [0.15, 0.2) is 0 Å². The van der Waals surface area contributed by atoms with E-state index in [0.717, 1.165) is 12.0 Å². The van der Waals surface area contributed by atoms with Crippen LogP contribution in [0.15, 0.2) is 54.6 Å². The molecule has 1 amide bonds. The van der Waals surface area contributed by atoms with Crippen molar-refractivity contribution in [2.75, 3.05) is 7.05 Å². The van der Waals surface area contributed by atoms with Crippen LogP contribution in [-0.4, -0.2) is 23.9 Å². The lowest BCUT2D eigenvalue weighted by atomic mass is 9.92. The van der Waals surface area contributed by atoms with Gasteiger partial charge in [-0.05, 0) is 24.1 Å². The predicted octanol–water partition coefficient (Wildman–Crippen LogP) is 3.90. The summed E-state index contributed by atoms with van der Waals surface area (Å²) in [5, 5.41) is 0. The maximum atomic E-state index is 14.4. The summed E-state index contributed by atoms with van der Waals surface area (Å²) in [4.78, 5) is 14.3. The van der Waals surface area contributed by atoms with Crippen molar-refractivity contribution >= 4 is 5.91 Å². The first kappa shape index (κ1) is 14.9. The summed E-state index contributed by atoms with van der Waals surface area (Å²) < 4.78 is 20.4. The van der Waals surface area contributed by atoms with E-state index in [1.54, 1.807) is 18.0 Å². The van der Waals surface area contributed by atoms with E-state index in [-0.39, 0.29) is 23.4 Å². The Balaban J connectivity index is 1.75. The third-order valence-electron chi connectivity index (χ3n) is 4.86. The van der Waals surface area contributed by atoms with Crippen molar-refractivity contribution in [3.05, 3.63) is 77.1 Å². The van der Waals surface area contributed by atoms with Crippen molar-refractivity contribution in [1.82, 2.24) is 4.90 Å². The number of rotatable bonds is 3. The highest BCUT2D eigenvalue weighted by Gasteiger charge is 2.37. The Morgan fingerprint density at radius 1 is 1.17 bits per heavy atom. The van der Waals surface area contributed by atoms with E-state index in [0.29, 0.717) is 17.9 Å². The Morgan fingerprint density at radius 3 is 2.75 bits per heavy atom. The minimum absolute atomic E-state index is 0.0142. The van der Waals surface area contributed by atoms with E-state index in [9.17, 15) is 9.18 Å². The Kier molecular flexibility index (Phi) is 3.60. The molecule has 4 rings (SSSR count). The normalized spacial score (nSPS) is 21.6. The molecule has 0 spiro atoms. The van der Waals surface area contributed by atoms with Gasteiger partial charge < -0.3 is 9.64 Å². The summed E-state index contributed by atoms with van der Waals surface area (Å²) in [6, 6.07) is 12.8. The molecular formula is C20H18FNO2. The lowest BCUT2D eigenvalue weighted by Crippen LogP contribution is -2.34. The van der Waals surface area contributed by atoms with E-state index in [1.165, 1.54) is 6.07 Å². The molecule has 2 atom stereocenters. The highest BCUT2D eigenvalue weighted by Crippen LogP contribution is 2.42. The molecule has 0 saturated carbocycles. The first-order valence-corrected chi connectivity index (χ1v) is 8.10. The van der Waals surface area contributed by atoms with Crippen LogP contribution in [0.3, 0.4) is 0 Å². The molecule has 1 aliphatic heterocycles. The fraction of sp³-hybridized carbons (Fsp3) is 0.250. The first-order chi connectivity index (χ1) is 11.6. The van der Waals surface area contributed by atoms with Crippen LogP contribution in [0.2, 0.25) is 0 Å². The summed E-state index contributed by atoms with van der Waals surface area (Å²) in [7, 11) is 1.73. The highest BCUT2D eigenvalue weighted by molar-refractivity contribution is 5.98. The topological polar surface area (TPSA) is 29.5 Å². The van der Waals surface area contributed by atoms with E-state index in [2.05, 4.69) is 6.08 Å². The Morgan fingerprint density at radius 2 is 1.96 bits per heavy atom. The smallest absolute Gasteiger partial charge is 0.257 e. The van der Waals surface area contributed by atoms with Crippen LogP contribution in [0.5, 0.6) is 5.75 Å². The predicted molar refractivity (Wildman–Crippen MR) is 89.6 cm³/mol. The number of likely N-dealkylation sites (N-methyl/N-ethyl adjacent to an activating group) is 1. The second kappa shape index (κ2) is 5.78. The summed E-state index contributed by atoms with van der Waals surface area (Å²) in [5.74, 6) is -0.144. The van der Waals surface area contributed by atoms with Crippen LogP contribution in [-0.2, 0) is 6.61 Å². The number of carbonyl (C=O) groups excluding carboxylic acids is 1. The second-order valence-corrected chi connectivity index (χ2v) is 6.32. The Labute approximate surface area is 140 Å². The third kappa shape index (κ3) is 2.39. The number of carbonyl (C=O) groups is 1. The summed E-state index contributed by atoms with van der Waals surface area (Å²) in [6.07, 6.45) is 4.86. The third-order valence-corrected chi connectivity index (χ3v) is 4.86. The SMILES string of the molecule is CN1C(=O)c2c(F)ccc(OCc3ccccc3)c2C2C=CC1C2. The fourth-order valence-corrected chi connectivity index (χ4v) is 3.53. The molecule has 0 saturated heterocycles. The van der Waals surface area contributed by atoms with Gasteiger partial charge in [0.05, 0.1) is 11.6 Å². The molecule has 0 radical (unpaired) electrons. The molecule has 2 aromatic rings. The standard InChI is InChI=1S/C20H18FNO2/c1-22-15-8-7-14(11-15)18-17(10-9-16(21)19(18)20(22)23)24-12-13-5-3-2-4-6-13/h2-10,14-15H,11-12H2,1H3. The maximum Gasteiger partial charge on any atom is 0.257 e. The van der Waals surface area contributed by atoms with Crippen molar-refractivity contribution in [3.63, 3.8) is 0 Å². The average molecular weight is 323 g/mol. The zero-order chi connectivity index (χ0) is 16.7. The Hall–Kier alpha value is -2.62. The van der Waals surface area contributed by atoms with E-state index in [1.807, 2.05) is 36.4 Å². The molecule has 2 aliphatic rings. The molecule has 24 heavy (non-hydrogen) atoms. The molecule has 2 unspecified atom stereocenters. The molecule has 1 heterocycles. The van der Waals surface area contributed by atoms with Crippen LogP contribution in [0.4, 0.5) is 4.39 Å². The van der Waals surface area contributed by atoms with Gasteiger partial charge in [-0.25, -0.2) is 4.39 Å². The van der Waals surface area contributed by atoms with E-state index >= 15 is 0 Å². The minimum atomic E-state index is -0.477. The van der Waals surface area contributed by atoms with Gasteiger partial charge >= 0.3 is 0 Å². The van der Waals surface area contributed by atoms with Gasteiger partial charge in [-0.3, -0.25) is 4.79 Å². The molecule has 0 N–H and O–H groups in total. The summed E-state index contributed by atoms with van der Waals surface area (Å²) in [6.45, 7) is 0.392. The van der Waals surface area contributed by atoms with Gasteiger partial charge in [0.25, 0.3) is 5.91 Å². The van der Waals surface area contributed by atoms with Gasteiger partial charge in [-0.1, -0.05) is 42.5 Å². The molecule has 0 fully saturated rings. The van der Waals surface area contributed by atoms with Crippen LogP contribution in [0.25, 0.3) is 0 Å². The van der Waals surface area contributed by atoms with Crippen LogP contribution in [0.1, 0.15) is 33.8 Å². The lowest BCUT2D eigenvalue weighted by Gasteiger charge is -2.22. The van der Waals surface area contributed by atoms with Crippen molar-refractivity contribution in [1.29, 1.82) is 0 Å². The van der Waals surface area contributed by atoms with Gasteiger partial charge in [0.2, 0.25) is 0 Å². The maximum absolute atomic E-state index is 14.4. The monoisotopic (exact) mass is 323 g/mol. The highest BCUT2D eigenvalue weighted by atomic mass is 19.1. The molecule has 2 aromatic carbocycles. The number of amides is 1. The van der Waals surface area contributed by atoms with E-state index < -0.39 is 5.82 Å². The van der Waals surface area contributed by atoms with Crippen molar-refractivity contribution in [2.45, 2.75) is 25.0 Å². The summed E-state index contributed by atoms with van der Waals surface area (Å²) in [5.41, 5.74) is 1.87. The minimum Gasteiger partial charge on any atom is -0.489 e. The zero-order valence-electron chi connectivity index (χ0n) is 13.4. The molecule has 1 aliphatic carbocycles. The van der Waals surface area contributed by atoms with Crippen molar-refractivity contribution in [3.8, 4) is 5.75 Å². The Bertz CT molecular complexity index is 816. The quantitative estimate of drug-likeness (QED) is 0.802. The number of benzene rings is 2. The van der Waals surface area contributed by atoms with Gasteiger partial charge in [0, 0.05) is 18.5 Å². The number of allylic oxidation sites excluding steroid dienone is 1. The largest absolute Gasteiger partial charge is 0.489 e. The number of fused-ring (bicyclic) bond motifs is 4.